The second-order valence-corrected chi connectivity index (χ2v) is 15.8. The summed E-state index contributed by atoms with van der Waals surface area (Å²) < 4.78 is 0. The van der Waals surface area contributed by atoms with Crippen LogP contribution in [0.4, 0.5) is 5.69 Å². The maximum atomic E-state index is 13.4. The fraction of sp³-hybridized carbons (Fsp3) is 0.737. The van der Waals surface area contributed by atoms with Crippen molar-refractivity contribution in [3.63, 3.8) is 0 Å². The molecule has 6 aliphatic rings. The van der Waals surface area contributed by atoms with Crippen LogP contribution in [0, 0.1) is 5.92 Å². The zero-order valence-electron chi connectivity index (χ0n) is 31.3. The number of anilines is 1. The van der Waals surface area contributed by atoms with Crippen LogP contribution in [0.2, 0.25) is 0 Å². The van der Waals surface area contributed by atoms with Crippen molar-refractivity contribution >= 4 is 29.3 Å². The minimum Gasteiger partial charge on any atom is -0.383 e. The lowest BCUT2D eigenvalue weighted by atomic mass is 9.89. The molecule has 5 aliphatic heterocycles. The van der Waals surface area contributed by atoms with Gasteiger partial charge in [0.25, 0.3) is 11.8 Å². The number of rotatable bonds is 14. The van der Waals surface area contributed by atoms with Crippen molar-refractivity contribution < 1.29 is 19.2 Å². The summed E-state index contributed by atoms with van der Waals surface area (Å²) in [5, 5.41) is 20.0. The number of piperidine rings is 1. The predicted octanol–water partition coefficient (Wildman–Crippen LogP) is 1.27. The molecule has 4 saturated heterocycles. The normalized spacial score (nSPS) is 31.0. The Kier molecular flexibility index (Phi) is 11.9. The van der Waals surface area contributed by atoms with Crippen LogP contribution in [-0.2, 0) is 9.59 Å². The molecule has 1 aliphatic carbocycles. The first-order chi connectivity index (χ1) is 25.2. The summed E-state index contributed by atoms with van der Waals surface area (Å²) in [6.45, 7) is 14.5. The number of imide groups is 2. The molecule has 14 nitrogen and oxygen atoms in total. The highest BCUT2D eigenvalue weighted by Crippen LogP contribution is 2.33. The van der Waals surface area contributed by atoms with Crippen molar-refractivity contribution in [3.8, 4) is 0 Å². The quantitative estimate of drug-likeness (QED) is 0.154. The molecule has 1 aromatic rings. The molecule has 0 aromatic heterocycles. The van der Waals surface area contributed by atoms with E-state index in [1.165, 1.54) is 38.5 Å². The van der Waals surface area contributed by atoms with E-state index < -0.39 is 23.8 Å². The number of carbonyl (C=O) groups is 4. The van der Waals surface area contributed by atoms with Crippen LogP contribution >= 0.6 is 0 Å². The van der Waals surface area contributed by atoms with Gasteiger partial charge in [-0.2, -0.15) is 0 Å². The Morgan fingerprint density at radius 1 is 0.923 bits per heavy atom. The van der Waals surface area contributed by atoms with E-state index in [2.05, 4.69) is 67.6 Å². The molecular formula is C38H60N10O4. The lowest BCUT2D eigenvalue weighted by Crippen LogP contribution is -2.66. The summed E-state index contributed by atoms with van der Waals surface area (Å²) in [6, 6.07) is 6.40. The van der Waals surface area contributed by atoms with E-state index in [4.69, 9.17) is 0 Å². The SMILES string of the molecule is CCC(CC)C1CC(N[C@H]2CC[C@H](NCC(C)N3CCN(CCNc4cccc5c4C(=O)N(C4CCC(=O)NC4=O)C5=O)CC3)C2)N2NCCC2N1. The molecule has 7 atom stereocenters. The standard InChI is InChI=1S/C38H60N10O4/c1-4-25(5-2)30-22-33(48-32(43-30)13-14-41-48)42-27-10-9-26(21-27)40-23-24(3)46-19-17-45(18-20-46)16-15-39-29-8-6-7-28-35(29)38(52)47(37(28)51)31-11-12-34(49)44-36(31)50/h6-8,24-27,30-33,39-43H,4-5,9-23H2,1-3H3,(H,44,49,50)/t24?,26-,27-,30?,31?,32?,33?/m0/s1. The van der Waals surface area contributed by atoms with Gasteiger partial charge in [0.05, 0.1) is 23.5 Å². The number of fused-ring (bicyclic) bond motifs is 2. The third-order valence-corrected chi connectivity index (χ3v) is 12.7. The number of benzene rings is 1. The van der Waals surface area contributed by atoms with Crippen LogP contribution in [0.25, 0.3) is 0 Å². The first-order valence-corrected chi connectivity index (χ1v) is 20.1. The van der Waals surface area contributed by atoms with Gasteiger partial charge in [0.1, 0.15) is 6.04 Å². The smallest absolute Gasteiger partial charge is 0.264 e. The topological polar surface area (TPSA) is 153 Å². The zero-order chi connectivity index (χ0) is 36.4. The molecule has 14 heteroatoms. The zero-order valence-corrected chi connectivity index (χ0v) is 31.3. The molecule has 4 amide bonds. The molecule has 5 unspecified atom stereocenters. The maximum absolute atomic E-state index is 13.4. The number of hydrogen-bond acceptors (Lipinski definition) is 12. The third kappa shape index (κ3) is 7.94. The van der Waals surface area contributed by atoms with E-state index in [0.29, 0.717) is 59.9 Å². The number of piperazine rings is 1. The third-order valence-electron chi connectivity index (χ3n) is 12.7. The molecule has 0 spiro atoms. The Hall–Kier alpha value is -2.98. The first kappa shape index (κ1) is 37.3. The number of hydrazine groups is 1. The molecule has 1 saturated carbocycles. The van der Waals surface area contributed by atoms with Gasteiger partial charge in [-0.05, 0) is 63.5 Å². The molecule has 6 N–H and O–H groups in total. The van der Waals surface area contributed by atoms with Gasteiger partial charge in [-0.3, -0.25) is 55.3 Å². The molecular weight excluding hydrogens is 660 g/mol. The van der Waals surface area contributed by atoms with Gasteiger partial charge in [0, 0.05) is 88.6 Å². The summed E-state index contributed by atoms with van der Waals surface area (Å²) in [7, 11) is 0. The Labute approximate surface area is 308 Å². The van der Waals surface area contributed by atoms with Gasteiger partial charge in [0.15, 0.2) is 0 Å². The van der Waals surface area contributed by atoms with E-state index in [-0.39, 0.29) is 18.7 Å². The van der Waals surface area contributed by atoms with Gasteiger partial charge >= 0.3 is 0 Å². The van der Waals surface area contributed by atoms with Crippen LogP contribution in [-0.4, -0.2) is 138 Å². The lowest BCUT2D eigenvalue weighted by molar-refractivity contribution is -0.136. The molecule has 5 heterocycles. The fourth-order valence-corrected chi connectivity index (χ4v) is 9.57. The first-order valence-electron chi connectivity index (χ1n) is 20.1. The number of carbonyl (C=O) groups excluding carboxylic acids is 4. The van der Waals surface area contributed by atoms with E-state index in [1.54, 1.807) is 12.1 Å². The van der Waals surface area contributed by atoms with Crippen LogP contribution < -0.4 is 32.0 Å². The van der Waals surface area contributed by atoms with Gasteiger partial charge in [0.2, 0.25) is 11.8 Å². The van der Waals surface area contributed by atoms with Crippen molar-refractivity contribution in [3.05, 3.63) is 29.3 Å². The molecule has 286 valence electrons. The fourth-order valence-electron chi connectivity index (χ4n) is 9.57. The van der Waals surface area contributed by atoms with Crippen molar-refractivity contribution in [1.29, 1.82) is 0 Å². The van der Waals surface area contributed by atoms with E-state index >= 15 is 0 Å². The Morgan fingerprint density at radius 3 is 2.48 bits per heavy atom. The number of hydrogen-bond donors (Lipinski definition) is 6. The van der Waals surface area contributed by atoms with Gasteiger partial charge < -0.3 is 10.6 Å². The minimum atomic E-state index is -0.966. The summed E-state index contributed by atoms with van der Waals surface area (Å²) in [4.78, 5) is 56.7. The largest absolute Gasteiger partial charge is 0.383 e. The lowest BCUT2D eigenvalue weighted by Gasteiger charge is -2.45. The van der Waals surface area contributed by atoms with Gasteiger partial charge in [-0.15, -0.1) is 0 Å². The van der Waals surface area contributed by atoms with Gasteiger partial charge in [-0.25, -0.2) is 5.01 Å². The molecule has 0 radical (unpaired) electrons. The summed E-state index contributed by atoms with van der Waals surface area (Å²) in [5.74, 6) is -1.21. The highest BCUT2D eigenvalue weighted by Gasteiger charge is 2.46. The van der Waals surface area contributed by atoms with Crippen molar-refractivity contribution in [2.45, 2.75) is 121 Å². The molecule has 7 rings (SSSR count). The van der Waals surface area contributed by atoms with Crippen LogP contribution in [0.3, 0.4) is 0 Å². The Bertz CT molecular complexity index is 1460. The number of nitrogens with zero attached hydrogens (tertiary/aromatic N) is 4. The van der Waals surface area contributed by atoms with Crippen LogP contribution in [0.5, 0.6) is 0 Å². The molecule has 1 aromatic carbocycles. The van der Waals surface area contributed by atoms with E-state index in [0.717, 1.165) is 63.1 Å². The minimum absolute atomic E-state index is 0.103. The molecule has 5 fully saturated rings. The average Bonchev–Trinajstić information content (AvgIpc) is 3.87. The second kappa shape index (κ2) is 16.6. The highest BCUT2D eigenvalue weighted by atomic mass is 16.2. The highest BCUT2D eigenvalue weighted by molar-refractivity contribution is 6.25. The van der Waals surface area contributed by atoms with Crippen LogP contribution in [0.1, 0.15) is 99.3 Å². The monoisotopic (exact) mass is 720 g/mol. The van der Waals surface area contributed by atoms with E-state index in [1.807, 2.05) is 6.07 Å². The Morgan fingerprint density at radius 2 is 1.71 bits per heavy atom. The average molecular weight is 721 g/mol. The number of amides is 4. The molecule has 0 bridgehead atoms. The van der Waals surface area contributed by atoms with Gasteiger partial charge in [-0.1, -0.05) is 32.8 Å². The van der Waals surface area contributed by atoms with Crippen molar-refractivity contribution in [1.82, 2.24) is 46.4 Å². The summed E-state index contributed by atoms with van der Waals surface area (Å²) in [5.41, 5.74) is 4.86. The number of nitrogens with one attached hydrogen (secondary N) is 6. The summed E-state index contributed by atoms with van der Waals surface area (Å²) >= 11 is 0. The predicted molar refractivity (Wildman–Crippen MR) is 199 cm³/mol. The second-order valence-electron chi connectivity index (χ2n) is 15.8. The summed E-state index contributed by atoms with van der Waals surface area (Å²) in [6.07, 6.45) is 9.51. The Balaban J connectivity index is 0.819. The van der Waals surface area contributed by atoms with Crippen LogP contribution in [0.15, 0.2) is 18.2 Å². The van der Waals surface area contributed by atoms with E-state index in [9.17, 15) is 19.2 Å². The molecule has 52 heavy (non-hydrogen) atoms. The van der Waals surface area contributed by atoms with Crippen molar-refractivity contribution in [2.24, 2.45) is 5.92 Å². The maximum Gasteiger partial charge on any atom is 0.264 e. The van der Waals surface area contributed by atoms with Crippen molar-refractivity contribution in [2.75, 3.05) is 57.7 Å².